The van der Waals surface area contributed by atoms with Crippen molar-refractivity contribution in [2.24, 2.45) is 5.73 Å². The average Bonchev–Trinajstić information content (AvgIpc) is 3.07. The fourth-order valence-corrected chi connectivity index (χ4v) is 3.76. The molecule has 1 atom stereocenters. The van der Waals surface area contributed by atoms with E-state index in [4.69, 9.17) is 45.3 Å². The molecule has 140 valence electrons. The smallest absolute Gasteiger partial charge is 0.244 e. The minimum Gasteiger partial charge on any atom is -0.420 e. The van der Waals surface area contributed by atoms with Gasteiger partial charge in [-0.2, -0.15) is 5.26 Å². The summed E-state index contributed by atoms with van der Waals surface area (Å²) in [6, 6.07) is 11.3. The number of allylic oxidation sites excluding steroid dienone is 1. The maximum atomic E-state index is 14.8. The van der Waals surface area contributed by atoms with E-state index in [0.717, 1.165) is 0 Å². The second-order valence-electron chi connectivity index (χ2n) is 6.01. The molecule has 4 rings (SSSR count). The highest BCUT2D eigenvalue weighted by atomic mass is 35.5. The molecule has 1 aliphatic heterocycles. The Bertz CT molecular complexity index is 1160. The Morgan fingerprint density at radius 2 is 1.89 bits per heavy atom. The Balaban J connectivity index is 2.01. The molecule has 28 heavy (non-hydrogen) atoms. The fraction of sp³-hybridized carbons (Fsp3) is 0.0526. The first-order valence-electron chi connectivity index (χ1n) is 7.97. The lowest BCUT2D eigenvalue weighted by atomic mass is 9.82. The van der Waals surface area contributed by atoms with Crippen LogP contribution in [0.1, 0.15) is 17.0 Å². The molecule has 0 spiro atoms. The van der Waals surface area contributed by atoms with Gasteiger partial charge in [0, 0.05) is 16.1 Å². The van der Waals surface area contributed by atoms with Crippen LogP contribution in [0.2, 0.25) is 15.1 Å². The van der Waals surface area contributed by atoms with Gasteiger partial charge in [0.25, 0.3) is 0 Å². The quantitative estimate of drug-likeness (QED) is 0.564. The number of nitriles is 1. The fourth-order valence-electron chi connectivity index (χ4n) is 3.19. The van der Waals surface area contributed by atoms with Crippen LogP contribution in [0.4, 0.5) is 4.39 Å². The van der Waals surface area contributed by atoms with Crippen LogP contribution >= 0.6 is 34.8 Å². The Kier molecular flexibility index (Phi) is 4.68. The summed E-state index contributed by atoms with van der Waals surface area (Å²) in [5.41, 5.74) is 7.58. The van der Waals surface area contributed by atoms with Crippen LogP contribution in [0.15, 0.2) is 47.9 Å². The number of H-pyrrole nitrogens is 1. The Hall–Kier alpha value is -2.72. The number of ether oxygens (including phenoxy) is 1. The van der Waals surface area contributed by atoms with Gasteiger partial charge in [0.1, 0.15) is 17.5 Å². The summed E-state index contributed by atoms with van der Waals surface area (Å²) in [6.45, 7) is 0. The molecule has 0 aliphatic carbocycles. The van der Waals surface area contributed by atoms with Crippen molar-refractivity contribution >= 4 is 34.8 Å². The Labute approximate surface area is 174 Å². The van der Waals surface area contributed by atoms with E-state index < -0.39 is 11.7 Å². The second-order valence-corrected chi connectivity index (χ2v) is 7.23. The second kappa shape index (κ2) is 7.02. The van der Waals surface area contributed by atoms with Crippen molar-refractivity contribution in [1.82, 2.24) is 10.2 Å². The highest BCUT2D eigenvalue weighted by Crippen LogP contribution is 2.48. The number of hydrogen-bond donors (Lipinski definition) is 2. The largest absolute Gasteiger partial charge is 0.420 e. The molecule has 0 radical (unpaired) electrons. The number of rotatable bonds is 2. The van der Waals surface area contributed by atoms with Gasteiger partial charge in [-0.3, -0.25) is 5.10 Å². The highest BCUT2D eigenvalue weighted by Gasteiger charge is 2.38. The van der Waals surface area contributed by atoms with E-state index in [9.17, 15) is 9.65 Å². The molecule has 0 saturated heterocycles. The van der Waals surface area contributed by atoms with Crippen molar-refractivity contribution in [3.8, 4) is 23.2 Å². The molecule has 0 bridgehead atoms. The Morgan fingerprint density at radius 1 is 1.11 bits per heavy atom. The summed E-state index contributed by atoms with van der Waals surface area (Å²) in [5, 5.41) is 17.5. The average molecular weight is 436 g/mol. The minimum absolute atomic E-state index is 0.0298. The number of hydrogen-bond acceptors (Lipinski definition) is 4. The van der Waals surface area contributed by atoms with E-state index in [1.54, 1.807) is 24.3 Å². The molecule has 0 saturated carbocycles. The van der Waals surface area contributed by atoms with Gasteiger partial charge >= 0.3 is 0 Å². The SMILES string of the molecule is N#CC1=C(N)Oc2n[nH]c(-c3ccc(Cl)c(Cl)c3)c2[C@@H]1c1c(F)cccc1Cl. The molecule has 5 nitrogen and oxygen atoms in total. The molecule has 1 aromatic heterocycles. The van der Waals surface area contributed by atoms with Gasteiger partial charge in [0.2, 0.25) is 11.8 Å². The van der Waals surface area contributed by atoms with E-state index in [2.05, 4.69) is 10.2 Å². The zero-order valence-electron chi connectivity index (χ0n) is 13.9. The van der Waals surface area contributed by atoms with Crippen LogP contribution in [0.3, 0.4) is 0 Å². The molecule has 0 unspecified atom stereocenters. The zero-order chi connectivity index (χ0) is 20.0. The van der Waals surface area contributed by atoms with Crippen LogP contribution in [0.5, 0.6) is 5.88 Å². The van der Waals surface area contributed by atoms with Crippen LogP contribution in [0, 0.1) is 17.1 Å². The maximum Gasteiger partial charge on any atom is 0.244 e. The number of benzene rings is 2. The van der Waals surface area contributed by atoms with Crippen LogP contribution in [-0.4, -0.2) is 10.2 Å². The molecule has 3 N–H and O–H groups in total. The predicted octanol–water partition coefficient (Wildman–Crippen LogP) is 5.39. The molecule has 2 aromatic carbocycles. The minimum atomic E-state index is -0.911. The molecule has 3 aromatic rings. The third kappa shape index (κ3) is 2.89. The van der Waals surface area contributed by atoms with Crippen molar-refractivity contribution in [2.75, 3.05) is 0 Å². The normalized spacial score (nSPS) is 15.8. The molecule has 0 fully saturated rings. The summed E-state index contributed by atoms with van der Waals surface area (Å²) in [6.07, 6.45) is 0. The van der Waals surface area contributed by atoms with Gasteiger partial charge in [-0.05, 0) is 24.3 Å². The first-order chi connectivity index (χ1) is 13.4. The zero-order valence-corrected chi connectivity index (χ0v) is 16.2. The van der Waals surface area contributed by atoms with Crippen LogP contribution in [0.25, 0.3) is 11.3 Å². The third-order valence-electron chi connectivity index (χ3n) is 4.44. The number of aromatic nitrogens is 2. The summed E-state index contributed by atoms with van der Waals surface area (Å²) < 4.78 is 20.2. The van der Waals surface area contributed by atoms with Gasteiger partial charge in [0.15, 0.2) is 0 Å². The van der Waals surface area contributed by atoms with Gasteiger partial charge in [-0.25, -0.2) is 4.39 Å². The number of fused-ring (bicyclic) bond motifs is 1. The van der Waals surface area contributed by atoms with Crippen molar-refractivity contribution < 1.29 is 9.13 Å². The number of nitrogens with zero attached hydrogens (tertiary/aromatic N) is 2. The molecular formula is C19H10Cl3FN4O. The van der Waals surface area contributed by atoms with Gasteiger partial charge in [-0.15, -0.1) is 5.10 Å². The van der Waals surface area contributed by atoms with Gasteiger partial charge in [-0.1, -0.05) is 46.9 Å². The highest BCUT2D eigenvalue weighted by molar-refractivity contribution is 6.42. The van der Waals surface area contributed by atoms with Crippen molar-refractivity contribution in [3.05, 3.63) is 79.9 Å². The van der Waals surface area contributed by atoms with E-state index in [1.165, 1.54) is 12.1 Å². The van der Waals surface area contributed by atoms with E-state index in [1.807, 2.05) is 6.07 Å². The molecule has 0 amide bonds. The molecule has 2 heterocycles. The van der Waals surface area contributed by atoms with Gasteiger partial charge < -0.3 is 10.5 Å². The summed E-state index contributed by atoms with van der Waals surface area (Å²) in [7, 11) is 0. The summed E-state index contributed by atoms with van der Waals surface area (Å²) in [5.74, 6) is -1.52. The number of nitrogens with one attached hydrogen (secondary N) is 1. The predicted molar refractivity (Wildman–Crippen MR) is 105 cm³/mol. The summed E-state index contributed by atoms with van der Waals surface area (Å²) >= 11 is 18.4. The molecular weight excluding hydrogens is 426 g/mol. The van der Waals surface area contributed by atoms with E-state index in [-0.39, 0.29) is 27.9 Å². The summed E-state index contributed by atoms with van der Waals surface area (Å²) in [4.78, 5) is 0. The standard InChI is InChI=1S/C19H10Cl3FN4O/c20-10-5-4-8(6-12(10)22)17-16-14(15-11(21)2-1-3-13(15)23)9(7-24)18(25)28-19(16)27-26-17/h1-6,14H,25H2,(H,26,27)/t14-/m0/s1. The van der Waals surface area contributed by atoms with Crippen molar-refractivity contribution in [2.45, 2.75) is 5.92 Å². The lowest BCUT2D eigenvalue weighted by Gasteiger charge is -2.25. The lowest BCUT2D eigenvalue weighted by Crippen LogP contribution is -2.21. The first-order valence-corrected chi connectivity index (χ1v) is 9.11. The van der Waals surface area contributed by atoms with Gasteiger partial charge in [0.05, 0.1) is 27.2 Å². The number of aromatic amines is 1. The van der Waals surface area contributed by atoms with Crippen molar-refractivity contribution in [3.63, 3.8) is 0 Å². The molecule has 1 aliphatic rings. The van der Waals surface area contributed by atoms with E-state index in [0.29, 0.717) is 26.9 Å². The van der Waals surface area contributed by atoms with Crippen LogP contribution in [-0.2, 0) is 0 Å². The number of halogens is 4. The topological polar surface area (TPSA) is 87.7 Å². The molecule has 9 heteroatoms. The number of nitrogens with two attached hydrogens (primary N) is 1. The Morgan fingerprint density at radius 3 is 2.57 bits per heavy atom. The maximum absolute atomic E-state index is 14.8. The van der Waals surface area contributed by atoms with E-state index >= 15 is 0 Å². The third-order valence-corrected chi connectivity index (χ3v) is 5.50. The lowest BCUT2D eigenvalue weighted by molar-refractivity contribution is 0.378. The van der Waals surface area contributed by atoms with Crippen molar-refractivity contribution in [1.29, 1.82) is 5.26 Å². The monoisotopic (exact) mass is 434 g/mol. The first kappa shape index (κ1) is 18.6. The van der Waals surface area contributed by atoms with Crippen LogP contribution < -0.4 is 10.5 Å².